The molecule has 53 heavy (non-hydrogen) atoms. The molecule has 4 saturated carbocycles. The van der Waals surface area contributed by atoms with Crippen LogP contribution in [0.3, 0.4) is 0 Å². The molecule has 5 fully saturated rings. The van der Waals surface area contributed by atoms with Crippen LogP contribution in [0, 0.1) is 34.5 Å². The number of ether oxygens (including phenoxy) is 5. The van der Waals surface area contributed by atoms with Crippen molar-refractivity contribution in [2.45, 2.75) is 134 Å². The van der Waals surface area contributed by atoms with Gasteiger partial charge in [-0.1, -0.05) is 105 Å². The molecule has 1 aliphatic heterocycles. The largest absolute Gasteiger partial charge is 0.393 e. The molecule has 1 heterocycles. The van der Waals surface area contributed by atoms with Crippen molar-refractivity contribution in [3.05, 3.63) is 108 Å². The van der Waals surface area contributed by atoms with Gasteiger partial charge in [0.2, 0.25) is 0 Å². The Bertz CT molecular complexity index is 1590. The number of aliphatic hydroxyl groups excluding tert-OH is 2. The maximum Gasteiger partial charge on any atom is 0.186 e. The van der Waals surface area contributed by atoms with Gasteiger partial charge in [0.1, 0.15) is 24.4 Å². The normalized spacial score (nSPS) is 39.5. The smallest absolute Gasteiger partial charge is 0.186 e. The fraction of sp³-hybridized carbons (Fsp3) is 0.609. The maximum atomic E-state index is 12.1. The van der Waals surface area contributed by atoms with Gasteiger partial charge < -0.3 is 33.9 Å². The first-order chi connectivity index (χ1) is 25.8. The third-order valence-corrected chi connectivity index (χ3v) is 14.5. The molecule has 8 rings (SSSR count). The number of aliphatic hydroxyl groups is 2. The van der Waals surface area contributed by atoms with Gasteiger partial charge in [-0.05, 0) is 109 Å². The highest BCUT2D eigenvalue weighted by Gasteiger charge is 2.60. The van der Waals surface area contributed by atoms with Crippen molar-refractivity contribution in [2.24, 2.45) is 34.5 Å². The van der Waals surface area contributed by atoms with E-state index in [9.17, 15) is 10.2 Å². The number of fused-ring (bicyclic) bond motifs is 5. The Morgan fingerprint density at radius 3 is 1.89 bits per heavy atom. The van der Waals surface area contributed by atoms with Crippen molar-refractivity contribution in [3.8, 4) is 0 Å². The quantitative estimate of drug-likeness (QED) is 0.182. The zero-order chi connectivity index (χ0) is 36.4. The Hall–Kier alpha value is -2.62. The monoisotopic (exact) mass is 724 g/mol. The molecule has 7 heteroatoms. The summed E-state index contributed by atoms with van der Waals surface area (Å²) in [6.07, 6.45) is 6.21. The highest BCUT2D eigenvalue weighted by Crippen LogP contribution is 2.66. The Morgan fingerprint density at radius 2 is 1.23 bits per heavy atom. The fourth-order valence-corrected chi connectivity index (χ4v) is 11.4. The molecule has 3 aromatic carbocycles. The van der Waals surface area contributed by atoms with Crippen LogP contribution in [0.2, 0.25) is 0 Å². The van der Waals surface area contributed by atoms with Gasteiger partial charge in [-0.15, -0.1) is 0 Å². The van der Waals surface area contributed by atoms with E-state index in [0.29, 0.717) is 37.6 Å². The van der Waals surface area contributed by atoms with Crippen molar-refractivity contribution < 1.29 is 33.9 Å². The lowest BCUT2D eigenvalue weighted by Gasteiger charge is -2.61. The van der Waals surface area contributed by atoms with E-state index >= 15 is 0 Å². The minimum atomic E-state index is -1.04. The van der Waals surface area contributed by atoms with Gasteiger partial charge in [0.15, 0.2) is 6.29 Å². The van der Waals surface area contributed by atoms with E-state index in [4.69, 9.17) is 23.7 Å². The Morgan fingerprint density at radius 1 is 0.642 bits per heavy atom. The van der Waals surface area contributed by atoms with Crippen molar-refractivity contribution in [3.63, 3.8) is 0 Å². The predicted octanol–water partition coefficient (Wildman–Crippen LogP) is 8.25. The Labute approximate surface area is 316 Å². The summed E-state index contributed by atoms with van der Waals surface area (Å²) in [4.78, 5) is 0. The molecule has 0 unspecified atom stereocenters. The van der Waals surface area contributed by atoms with Crippen LogP contribution in [0.15, 0.2) is 91.0 Å². The van der Waals surface area contributed by atoms with E-state index in [2.05, 4.69) is 26.0 Å². The van der Waals surface area contributed by atoms with Crippen LogP contribution in [-0.2, 0) is 43.5 Å². The van der Waals surface area contributed by atoms with Crippen molar-refractivity contribution in [2.75, 3.05) is 6.61 Å². The standard InChI is InChI=1S/C46H60O7/c1-45-24-22-35(26-34(45)18-19-36-37-20-21-40(47)46(37,2)25-23-38(36)45)52-44-41(48)43(51-29-33-16-10-5-11-17-33)42(50-28-32-14-8-4-9-15-32)39(53-44)30-49-27-31-12-6-3-7-13-31/h3-17,34-44,47-48H,18-30H2,1-2H3/t34-,35+,36-,37-,38-,39+,40-,41-,42+,43+,44+,45-,46-/m0/s1. The second kappa shape index (κ2) is 16.2. The first kappa shape index (κ1) is 37.3. The van der Waals surface area contributed by atoms with E-state index in [1.165, 1.54) is 25.7 Å². The SMILES string of the molecule is C[C@]12CC[C@@H](O[C@@H]3O[C@H](COCc4ccccc4)[C@@H](OCc4ccccc4)[C@H](OCc4ccccc4)[C@@H]3O)C[C@@H]1CC[C@@H]1[C@@H]2CC[C@]2(C)[C@@H](O)CC[C@@H]12. The molecule has 0 spiro atoms. The lowest BCUT2D eigenvalue weighted by atomic mass is 9.45. The molecule has 13 atom stereocenters. The van der Waals surface area contributed by atoms with Crippen LogP contribution in [-0.4, -0.2) is 59.7 Å². The van der Waals surface area contributed by atoms with Crippen LogP contribution < -0.4 is 0 Å². The topological polar surface area (TPSA) is 86.6 Å². The number of benzene rings is 3. The van der Waals surface area contributed by atoms with Gasteiger partial charge in [-0.3, -0.25) is 0 Å². The van der Waals surface area contributed by atoms with Crippen LogP contribution in [0.1, 0.15) is 88.3 Å². The molecule has 2 N–H and O–H groups in total. The Kier molecular flexibility index (Phi) is 11.4. The van der Waals surface area contributed by atoms with Gasteiger partial charge in [0, 0.05) is 0 Å². The summed E-state index contributed by atoms with van der Waals surface area (Å²) in [5.74, 6) is 2.67. The van der Waals surface area contributed by atoms with Crippen LogP contribution in [0.5, 0.6) is 0 Å². The third kappa shape index (κ3) is 7.78. The predicted molar refractivity (Wildman–Crippen MR) is 203 cm³/mol. The summed E-state index contributed by atoms with van der Waals surface area (Å²) in [6, 6.07) is 30.3. The van der Waals surface area contributed by atoms with Crippen LogP contribution >= 0.6 is 0 Å². The lowest BCUT2D eigenvalue weighted by molar-refractivity contribution is -0.331. The summed E-state index contributed by atoms with van der Waals surface area (Å²) in [6.45, 7) is 6.34. The zero-order valence-electron chi connectivity index (χ0n) is 31.6. The molecule has 3 aromatic rings. The number of rotatable bonds is 12. The van der Waals surface area contributed by atoms with Crippen molar-refractivity contribution >= 4 is 0 Å². The van der Waals surface area contributed by atoms with E-state index in [0.717, 1.165) is 54.7 Å². The molecule has 4 aliphatic carbocycles. The van der Waals surface area contributed by atoms with Gasteiger partial charge in [-0.25, -0.2) is 0 Å². The second-order valence-corrected chi connectivity index (χ2v) is 17.4. The number of hydrogen-bond acceptors (Lipinski definition) is 7. The summed E-state index contributed by atoms with van der Waals surface area (Å²) < 4.78 is 33.1. The van der Waals surface area contributed by atoms with E-state index in [1.807, 2.05) is 78.9 Å². The lowest BCUT2D eigenvalue weighted by Crippen LogP contribution is -2.62. The summed E-state index contributed by atoms with van der Waals surface area (Å²) in [5.41, 5.74) is 3.54. The first-order valence-electron chi connectivity index (χ1n) is 20.4. The summed E-state index contributed by atoms with van der Waals surface area (Å²) in [5, 5.41) is 23.0. The van der Waals surface area contributed by atoms with Gasteiger partial charge in [0.05, 0.1) is 38.6 Å². The summed E-state index contributed by atoms with van der Waals surface area (Å²) >= 11 is 0. The zero-order valence-corrected chi connectivity index (χ0v) is 31.6. The van der Waals surface area contributed by atoms with Gasteiger partial charge >= 0.3 is 0 Å². The van der Waals surface area contributed by atoms with Crippen molar-refractivity contribution in [1.29, 1.82) is 0 Å². The van der Waals surface area contributed by atoms with Crippen molar-refractivity contribution in [1.82, 2.24) is 0 Å². The summed E-state index contributed by atoms with van der Waals surface area (Å²) in [7, 11) is 0. The Balaban J connectivity index is 0.986. The van der Waals surface area contributed by atoms with E-state index in [-0.39, 0.29) is 29.6 Å². The molecule has 0 aromatic heterocycles. The van der Waals surface area contributed by atoms with E-state index < -0.39 is 30.7 Å². The molecular weight excluding hydrogens is 664 g/mol. The molecule has 5 aliphatic rings. The maximum absolute atomic E-state index is 12.1. The molecule has 7 nitrogen and oxygen atoms in total. The molecule has 0 amide bonds. The van der Waals surface area contributed by atoms with Crippen LogP contribution in [0.25, 0.3) is 0 Å². The average Bonchev–Trinajstić information content (AvgIpc) is 3.49. The van der Waals surface area contributed by atoms with Gasteiger partial charge in [0.25, 0.3) is 0 Å². The first-order valence-corrected chi connectivity index (χ1v) is 20.4. The molecule has 286 valence electrons. The minimum Gasteiger partial charge on any atom is -0.393 e. The van der Waals surface area contributed by atoms with E-state index in [1.54, 1.807) is 0 Å². The number of hydrogen-bond donors (Lipinski definition) is 2. The average molecular weight is 725 g/mol. The highest BCUT2D eigenvalue weighted by molar-refractivity contribution is 5.16. The fourth-order valence-electron chi connectivity index (χ4n) is 11.4. The molecule has 0 bridgehead atoms. The minimum absolute atomic E-state index is 0.00567. The highest BCUT2D eigenvalue weighted by atomic mass is 16.7. The molecular formula is C46H60O7. The molecule has 1 saturated heterocycles. The molecule has 0 radical (unpaired) electrons. The van der Waals surface area contributed by atoms with Gasteiger partial charge in [-0.2, -0.15) is 0 Å². The second-order valence-electron chi connectivity index (χ2n) is 17.4. The third-order valence-electron chi connectivity index (χ3n) is 14.5. The van der Waals surface area contributed by atoms with Crippen LogP contribution in [0.4, 0.5) is 0 Å².